The van der Waals surface area contributed by atoms with Gasteiger partial charge in [0.1, 0.15) is 0 Å². The molecule has 0 heterocycles. The fourth-order valence-corrected chi connectivity index (χ4v) is 6.02. The summed E-state index contributed by atoms with van der Waals surface area (Å²) in [6.45, 7) is 0. The zero-order valence-corrected chi connectivity index (χ0v) is 12.5. The largest absolute Gasteiger partial charge is 0.388 e. The van der Waals surface area contributed by atoms with Crippen LogP contribution in [0.15, 0.2) is 35.2 Å². The highest BCUT2D eigenvalue weighted by atomic mass is 32.2. The van der Waals surface area contributed by atoms with Gasteiger partial charge >= 0.3 is 0 Å². The average Bonchev–Trinajstić information content (AvgIpc) is 2.44. The standard InChI is InChI=1S/C16H22O3S/c17-16-11-7-2-1-4-8-13(16)12-15(16)20(18,19)14-9-5-3-6-10-14/h3,5-6,9-10,13,15,17H,1-2,4,7-8,11-12H2/t13-,15-,16+/m0/s1. The first-order valence-electron chi connectivity index (χ1n) is 7.56. The van der Waals surface area contributed by atoms with Crippen LogP contribution >= 0.6 is 0 Å². The molecule has 2 fully saturated rings. The molecule has 1 aromatic rings. The van der Waals surface area contributed by atoms with Crippen LogP contribution in [0.25, 0.3) is 0 Å². The first-order valence-corrected chi connectivity index (χ1v) is 9.11. The lowest BCUT2D eigenvalue weighted by molar-refractivity contribution is -0.103. The van der Waals surface area contributed by atoms with Crippen molar-refractivity contribution in [1.29, 1.82) is 0 Å². The van der Waals surface area contributed by atoms with E-state index in [-0.39, 0.29) is 5.92 Å². The summed E-state index contributed by atoms with van der Waals surface area (Å²) in [5.74, 6) is 0.172. The number of benzene rings is 1. The van der Waals surface area contributed by atoms with Crippen LogP contribution in [0.1, 0.15) is 44.9 Å². The van der Waals surface area contributed by atoms with Crippen LogP contribution < -0.4 is 0 Å². The van der Waals surface area contributed by atoms with Gasteiger partial charge in [-0.25, -0.2) is 8.42 Å². The maximum absolute atomic E-state index is 12.7. The van der Waals surface area contributed by atoms with Crippen LogP contribution in [0.2, 0.25) is 0 Å². The van der Waals surface area contributed by atoms with Crippen molar-refractivity contribution in [1.82, 2.24) is 0 Å². The summed E-state index contributed by atoms with van der Waals surface area (Å²) in [7, 11) is -3.41. The smallest absolute Gasteiger partial charge is 0.184 e. The van der Waals surface area contributed by atoms with E-state index in [0.29, 0.717) is 17.7 Å². The SMILES string of the molecule is O=S(=O)(c1ccccc1)[C@H]1C[C@@H]2CCCCCC[C@@]21O. The van der Waals surface area contributed by atoms with Crippen LogP contribution in [0.4, 0.5) is 0 Å². The molecule has 0 bridgehead atoms. The van der Waals surface area contributed by atoms with Gasteiger partial charge in [-0.1, -0.05) is 43.9 Å². The number of aliphatic hydroxyl groups is 1. The van der Waals surface area contributed by atoms with Crippen molar-refractivity contribution < 1.29 is 13.5 Å². The maximum atomic E-state index is 12.7. The molecule has 3 rings (SSSR count). The molecule has 0 saturated heterocycles. The van der Waals surface area contributed by atoms with Gasteiger partial charge in [0.05, 0.1) is 15.7 Å². The number of fused-ring (bicyclic) bond motifs is 1. The van der Waals surface area contributed by atoms with Crippen molar-refractivity contribution in [3.05, 3.63) is 30.3 Å². The van der Waals surface area contributed by atoms with Crippen molar-refractivity contribution in [3.63, 3.8) is 0 Å². The molecule has 2 saturated carbocycles. The Hall–Kier alpha value is -0.870. The molecule has 0 aliphatic heterocycles. The molecule has 0 aromatic heterocycles. The molecule has 0 unspecified atom stereocenters. The first kappa shape index (κ1) is 14.1. The molecule has 0 radical (unpaired) electrons. The summed E-state index contributed by atoms with van der Waals surface area (Å²) < 4.78 is 25.4. The van der Waals surface area contributed by atoms with Gasteiger partial charge in [-0.3, -0.25) is 0 Å². The molecular formula is C16H22O3S. The minimum atomic E-state index is -3.41. The van der Waals surface area contributed by atoms with E-state index < -0.39 is 20.7 Å². The van der Waals surface area contributed by atoms with Gasteiger partial charge in [0, 0.05) is 0 Å². The average molecular weight is 294 g/mol. The highest BCUT2D eigenvalue weighted by Gasteiger charge is 2.58. The summed E-state index contributed by atoms with van der Waals surface area (Å²) in [6.07, 6.45) is 6.59. The first-order chi connectivity index (χ1) is 9.55. The van der Waals surface area contributed by atoms with Crippen molar-refractivity contribution in [2.24, 2.45) is 5.92 Å². The van der Waals surface area contributed by atoms with E-state index in [0.717, 1.165) is 25.7 Å². The quantitative estimate of drug-likeness (QED) is 0.912. The van der Waals surface area contributed by atoms with E-state index in [9.17, 15) is 13.5 Å². The monoisotopic (exact) mass is 294 g/mol. The van der Waals surface area contributed by atoms with Gasteiger partial charge in [0.15, 0.2) is 9.84 Å². The van der Waals surface area contributed by atoms with Crippen LogP contribution in [0, 0.1) is 5.92 Å². The molecule has 0 amide bonds. The number of sulfone groups is 1. The second kappa shape index (κ2) is 5.15. The summed E-state index contributed by atoms with van der Waals surface area (Å²) in [5.41, 5.74) is -0.991. The second-order valence-electron chi connectivity index (χ2n) is 6.22. The summed E-state index contributed by atoms with van der Waals surface area (Å²) in [6, 6.07) is 8.56. The Morgan fingerprint density at radius 3 is 2.50 bits per heavy atom. The fraction of sp³-hybridized carbons (Fsp3) is 0.625. The van der Waals surface area contributed by atoms with Gasteiger partial charge in [-0.15, -0.1) is 0 Å². The third kappa shape index (κ3) is 2.19. The fourth-order valence-electron chi connectivity index (χ4n) is 3.82. The Balaban J connectivity index is 1.88. The lowest BCUT2D eigenvalue weighted by atomic mass is 9.63. The van der Waals surface area contributed by atoms with E-state index in [4.69, 9.17) is 0 Å². The Kier molecular flexibility index (Phi) is 3.63. The Morgan fingerprint density at radius 2 is 1.75 bits per heavy atom. The van der Waals surface area contributed by atoms with E-state index in [2.05, 4.69) is 0 Å². The zero-order valence-electron chi connectivity index (χ0n) is 11.7. The molecule has 1 N–H and O–H groups in total. The van der Waals surface area contributed by atoms with Crippen LogP contribution in [-0.2, 0) is 9.84 Å². The molecule has 3 atom stereocenters. The molecule has 3 nitrogen and oxygen atoms in total. The van der Waals surface area contributed by atoms with Crippen molar-refractivity contribution in [2.45, 2.75) is 60.7 Å². The third-order valence-electron chi connectivity index (χ3n) is 5.09. The Bertz CT molecular complexity index is 567. The van der Waals surface area contributed by atoms with E-state index >= 15 is 0 Å². The number of hydrogen-bond acceptors (Lipinski definition) is 3. The topological polar surface area (TPSA) is 54.4 Å². The predicted molar refractivity (Wildman–Crippen MR) is 78.2 cm³/mol. The maximum Gasteiger partial charge on any atom is 0.184 e. The molecule has 1 aromatic carbocycles. The van der Waals surface area contributed by atoms with Gasteiger partial charge in [0.2, 0.25) is 0 Å². The summed E-state index contributed by atoms with van der Waals surface area (Å²) >= 11 is 0. The highest BCUT2D eigenvalue weighted by molar-refractivity contribution is 7.92. The molecular weight excluding hydrogens is 272 g/mol. The molecule has 110 valence electrons. The van der Waals surface area contributed by atoms with Crippen LogP contribution in [0.3, 0.4) is 0 Å². The van der Waals surface area contributed by atoms with Gasteiger partial charge in [-0.2, -0.15) is 0 Å². The van der Waals surface area contributed by atoms with Crippen molar-refractivity contribution in [2.75, 3.05) is 0 Å². The minimum Gasteiger partial charge on any atom is -0.388 e. The van der Waals surface area contributed by atoms with E-state index in [1.807, 2.05) is 6.07 Å². The minimum absolute atomic E-state index is 0.172. The number of hydrogen-bond donors (Lipinski definition) is 1. The molecule has 20 heavy (non-hydrogen) atoms. The molecule has 0 spiro atoms. The van der Waals surface area contributed by atoms with Gasteiger partial charge in [0.25, 0.3) is 0 Å². The Morgan fingerprint density at radius 1 is 1.05 bits per heavy atom. The molecule has 4 heteroatoms. The van der Waals surface area contributed by atoms with Crippen molar-refractivity contribution in [3.8, 4) is 0 Å². The summed E-state index contributed by atoms with van der Waals surface area (Å²) in [5, 5.41) is 10.3. The third-order valence-corrected chi connectivity index (χ3v) is 7.37. The predicted octanol–water partition coefficient (Wildman–Crippen LogP) is 2.93. The van der Waals surface area contributed by atoms with Gasteiger partial charge < -0.3 is 5.11 Å². The summed E-state index contributed by atoms with van der Waals surface area (Å²) in [4.78, 5) is 0.346. The number of rotatable bonds is 2. The van der Waals surface area contributed by atoms with E-state index in [1.54, 1.807) is 24.3 Å². The second-order valence-corrected chi connectivity index (χ2v) is 8.35. The van der Waals surface area contributed by atoms with Crippen molar-refractivity contribution >= 4 is 9.84 Å². The lowest BCUT2D eigenvalue weighted by Gasteiger charge is -2.53. The molecule has 2 aliphatic rings. The highest BCUT2D eigenvalue weighted by Crippen LogP contribution is 2.51. The zero-order chi connectivity index (χ0) is 14.2. The van der Waals surface area contributed by atoms with Gasteiger partial charge in [-0.05, 0) is 37.3 Å². The molecule has 2 aliphatic carbocycles. The lowest BCUT2D eigenvalue weighted by Crippen LogP contribution is -2.62. The van der Waals surface area contributed by atoms with Crippen LogP contribution in [0.5, 0.6) is 0 Å². The van der Waals surface area contributed by atoms with E-state index in [1.165, 1.54) is 6.42 Å². The Labute approximate surface area is 120 Å². The normalized spacial score (nSPS) is 34.5. The van der Waals surface area contributed by atoms with Crippen LogP contribution in [-0.4, -0.2) is 24.4 Å².